The van der Waals surface area contributed by atoms with Crippen LogP contribution >= 0.6 is 11.3 Å². The van der Waals surface area contributed by atoms with Gasteiger partial charge < -0.3 is 14.5 Å². The topological polar surface area (TPSA) is 92.3 Å². The van der Waals surface area contributed by atoms with E-state index in [1.54, 1.807) is 18.2 Å². The van der Waals surface area contributed by atoms with Gasteiger partial charge in [-0.3, -0.25) is 4.79 Å². The zero-order chi connectivity index (χ0) is 19.7. The summed E-state index contributed by atoms with van der Waals surface area (Å²) in [6, 6.07) is 8.78. The molecule has 1 N–H and O–H groups in total. The Morgan fingerprint density at radius 3 is 2.96 bits per heavy atom. The van der Waals surface area contributed by atoms with Gasteiger partial charge in [0.15, 0.2) is 6.61 Å². The van der Waals surface area contributed by atoms with Gasteiger partial charge in [0.1, 0.15) is 22.4 Å². The van der Waals surface area contributed by atoms with Crippen LogP contribution in [0.5, 0.6) is 5.75 Å². The van der Waals surface area contributed by atoms with E-state index in [0.29, 0.717) is 21.9 Å². The predicted octanol–water partition coefficient (Wildman–Crippen LogP) is 3.93. The van der Waals surface area contributed by atoms with Crippen molar-refractivity contribution >= 4 is 33.2 Å². The van der Waals surface area contributed by atoms with E-state index in [4.69, 9.17) is 9.15 Å². The fourth-order valence-corrected chi connectivity index (χ4v) is 4.73. The van der Waals surface area contributed by atoms with E-state index in [0.717, 1.165) is 42.2 Å². The van der Waals surface area contributed by atoms with Crippen molar-refractivity contribution in [3.8, 4) is 11.8 Å². The van der Waals surface area contributed by atoms with Crippen LogP contribution in [0.2, 0.25) is 0 Å². The molecular formula is C21H18N2O4S. The van der Waals surface area contributed by atoms with Gasteiger partial charge in [-0.25, -0.2) is 4.79 Å². The first kappa shape index (κ1) is 18.3. The number of carbonyl (C=O) groups excluding carboxylic acids is 1. The maximum atomic E-state index is 12.3. The number of amides is 1. The summed E-state index contributed by atoms with van der Waals surface area (Å²) in [4.78, 5) is 25.1. The van der Waals surface area contributed by atoms with Crippen molar-refractivity contribution in [1.82, 2.24) is 0 Å². The summed E-state index contributed by atoms with van der Waals surface area (Å²) in [6.07, 6.45) is 4.05. The molecule has 0 saturated heterocycles. The second-order valence-corrected chi connectivity index (χ2v) is 7.88. The molecule has 0 radical (unpaired) electrons. The molecule has 0 saturated carbocycles. The normalized spacial score (nSPS) is 13.0. The molecule has 0 atom stereocenters. The van der Waals surface area contributed by atoms with Crippen LogP contribution in [0.3, 0.4) is 0 Å². The van der Waals surface area contributed by atoms with Crippen molar-refractivity contribution in [2.24, 2.45) is 0 Å². The summed E-state index contributed by atoms with van der Waals surface area (Å²) in [6.45, 7) is 1.63. The molecule has 3 aromatic rings. The molecule has 1 aromatic carbocycles. The minimum absolute atomic E-state index is 0.199. The number of fused-ring (bicyclic) bond motifs is 2. The van der Waals surface area contributed by atoms with E-state index in [9.17, 15) is 14.9 Å². The number of nitriles is 1. The van der Waals surface area contributed by atoms with Crippen LogP contribution < -0.4 is 15.7 Å². The number of anilines is 1. The molecule has 1 amide bonds. The third-order valence-electron chi connectivity index (χ3n) is 4.83. The number of hydrogen-bond donors (Lipinski definition) is 1. The fourth-order valence-electron chi connectivity index (χ4n) is 3.48. The molecule has 7 heteroatoms. The number of aryl methyl sites for hydroxylation is 2. The summed E-state index contributed by atoms with van der Waals surface area (Å²) in [7, 11) is 0. The van der Waals surface area contributed by atoms with Gasteiger partial charge in [-0.2, -0.15) is 5.26 Å². The SMILES string of the molecule is Cc1cc(=O)oc2cc(OCC(=O)Nc3sc4c(c3C#N)CCCC4)ccc12. The van der Waals surface area contributed by atoms with Crippen LogP contribution in [-0.2, 0) is 17.6 Å². The molecule has 0 spiro atoms. The predicted molar refractivity (Wildman–Crippen MR) is 107 cm³/mol. The van der Waals surface area contributed by atoms with E-state index >= 15 is 0 Å². The van der Waals surface area contributed by atoms with Crippen LogP contribution in [-0.4, -0.2) is 12.5 Å². The first-order valence-electron chi connectivity index (χ1n) is 9.07. The van der Waals surface area contributed by atoms with Gasteiger partial charge in [0.25, 0.3) is 5.91 Å². The van der Waals surface area contributed by atoms with Gasteiger partial charge in [0, 0.05) is 22.4 Å². The van der Waals surface area contributed by atoms with Crippen LogP contribution in [0.4, 0.5) is 5.00 Å². The number of thiophene rings is 1. The Morgan fingerprint density at radius 2 is 2.14 bits per heavy atom. The van der Waals surface area contributed by atoms with Gasteiger partial charge in [0.05, 0.1) is 5.56 Å². The first-order chi connectivity index (χ1) is 13.5. The van der Waals surface area contributed by atoms with Crippen molar-refractivity contribution in [1.29, 1.82) is 5.26 Å². The summed E-state index contributed by atoms with van der Waals surface area (Å²) in [5, 5.41) is 13.7. The molecule has 0 aliphatic heterocycles. The Kier molecular flexibility index (Phi) is 4.88. The highest BCUT2D eigenvalue weighted by molar-refractivity contribution is 7.16. The Bertz CT molecular complexity index is 1170. The van der Waals surface area contributed by atoms with Crippen molar-refractivity contribution < 1.29 is 13.9 Å². The molecule has 28 heavy (non-hydrogen) atoms. The number of hydrogen-bond acceptors (Lipinski definition) is 6. The summed E-state index contributed by atoms with van der Waals surface area (Å²) >= 11 is 1.48. The van der Waals surface area contributed by atoms with E-state index in [1.165, 1.54) is 22.3 Å². The lowest BCUT2D eigenvalue weighted by molar-refractivity contribution is -0.118. The molecule has 0 bridgehead atoms. The van der Waals surface area contributed by atoms with E-state index < -0.39 is 5.63 Å². The van der Waals surface area contributed by atoms with Crippen molar-refractivity contribution in [3.63, 3.8) is 0 Å². The van der Waals surface area contributed by atoms with Gasteiger partial charge in [-0.05, 0) is 55.9 Å². The quantitative estimate of drug-likeness (QED) is 0.677. The molecule has 4 rings (SSSR count). The maximum Gasteiger partial charge on any atom is 0.336 e. The highest BCUT2D eigenvalue weighted by atomic mass is 32.1. The van der Waals surface area contributed by atoms with Crippen LogP contribution in [0.15, 0.2) is 33.5 Å². The average molecular weight is 394 g/mol. The number of carbonyl (C=O) groups is 1. The molecule has 6 nitrogen and oxygen atoms in total. The summed E-state index contributed by atoms with van der Waals surface area (Å²) in [5.41, 5.74) is 2.47. The second-order valence-electron chi connectivity index (χ2n) is 6.77. The lowest BCUT2D eigenvalue weighted by Gasteiger charge is -2.09. The van der Waals surface area contributed by atoms with Crippen molar-refractivity contribution in [3.05, 3.63) is 56.3 Å². The zero-order valence-electron chi connectivity index (χ0n) is 15.3. The van der Waals surface area contributed by atoms with Crippen molar-refractivity contribution in [2.45, 2.75) is 32.6 Å². The molecule has 0 fully saturated rings. The van der Waals surface area contributed by atoms with E-state index in [1.807, 2.05) is 6.92 Å². The third-order valence-corrected chi connectivity index (χ3v) is 6.04. The Balaban J connectivity index is 1.47. The largest absolute Gasteiger partial charge is 0.484 e. The van der Waals surface area contributed by atoms with Gasteiger partial charge >= 0.3 is 5.63 Å². The van der Waals surface area contributed by atoms with Gasteiger partial charge in [-0.15, -0.1) is 11.3 Å². The smallest absolute Gasteiger partial charge is 0.336 e. The number of ether oxygens (including phenoxy) is 1. The monoisotopic (exact) mass is 394 g/mol. The Hall–Kier alpha value is -3.11. The van der Waals surface area contributed by atoms with E-state index in [-0.39, 0.29) is 12.5 Å². The van der Waals surface area contributed by atoms with Crippen molar-refractivity contribution in [2.75, 3.05) is 11.9 Å². The Morgan fingerprint density at radius 1 is 1.32 bits per heavy atom. The van der Waals surface area contributed by atoms with Gasteiger partial charge in [-0.1, -0.05) is 0 Å². The highest BCUT2D eigenvalue weighted by Crippen LogP contribution is 2.37. The second kappa shape index (κ2) is 7.49. The first-order valence-corrected chi connectivity index (χ1v) is 9.88. The minimum atomic E-state index is -0.425. The molecule has 2 heterocycles. The van der Waals surface area contributed by atoms with Crippen LogP contribution in [0.25, 0.3) is 11.0 Å². The molecule has 0 unspecified atom stereocenters. The maximum absolute atomic E-state index is 12.3. The molecule has 1 aliphatic carbocycles. The average Bonchev–Trinajstić information content (AvgIpc) is 3.02. The molecule has 2 aromatic heterocycles. The van der Waals surface area contributed by atoms with E-state index in [2.05, 4.69) is 11.4 Å². The highest BCUT2D eigenvalue weighted by Gasteiger charge is 2.21. The molecular weight excluding hydrogens is 376 g/mol. The number of benzene rings is 1. The number of rotatable bonds is 4. The number of nitrogens with zero attached hydrogens (tertiary/aromatic N) is 1. The lowest BCUT2D eigenvalue weighted by Crippen LogP contribution is -2.20. The molecule has 1 aliphatic rings. The molecule has 142 valence electrons. The third kappa shape index (κ3) is 3.51. The summed E-state index contributed by atoms with van der Waals surface area (Å²) < 4.78 is 10.7. The summed E-state index contributed by atoms with van der Waals surface area (Å²) in [5.74, 6) is 0.100. The Labute approximate surface area is 165 Å². The minimum Gasteiger partial charge on any atom is -0.484 e. The van der Waals surface area contributed by atoms with Crippen LogP contribution in [0.1, 0.15) is 34.4 Å². The number of nitrogens with one attached hydrogen (secondary N) is 1. The van der Waals surface area contributed by atoms with Gasteiger partial charge in [0.2, 0.25) is 0 Å². The lowest BCUT2D eigenvalue weighted by atomic mass is 9.96. The zero-order valence-corrected chi connectivity index (χ0v) is 16.1. The van der Waals surface area contributed by atoms with Crippen LogP contribution in [0, 0.1) is 18.3 Å². The standard InChI is InChI=1S/C21H18N2O4S/c1-12-8-20(25)27-17-9-13(6-7-14(12)17)26-11-19(24)23-21-16(10-22)15-4-2-3-5-18(15)28-21/h6-9H,2-5,11H2,1H3,(H,23,24). The fraction of sp³-hybridized carbons (Fsp3) is 0.286.